The van der Waals surface area contributed by atoms with Gasteiger partial charge in [0.25, 0.3) is 0 Å². The van der Waals surface area contributed by atoms with Gasteiger partial charge in [0, 0.05) is 24.4 Å². The maximum absolute atomic E-state index is 13.8. The van der Waals surface area contributed by atoms with Gasteiger partial charge < -0.3 is 20.1 Å². The zero-order chi connectivity index (χ0) is 23.6. The van der Waals surface area contributed by atoms with Crippen LogP contribution >= 0.6 is 11.8 Å². The van der Waals surface area contributed by atoms with Gasteiger partial charge in [-0.15, -0.1) is 11.8 Å². The van der Waals surface area contributed by atoms with Gasteiger partial charge in [0.15, 0.2) is 0 Å². The van der Waals surface area contributed by atoms with Gasteiger partial charge in [-0.05, 0) is 51.5 Å². The van der Waals surface area contributed by atoms with E-state index in [0.717, 1.165) is 24.8 Å². The minimum Gasteiger partial charge on any atom is -0.466 e. The fraction of sp³-hybridized carbons (Fsp3) is 0.640. The summed E-state index contributed by atoms with van der Waals surface area (Å²) in [6.07, 6.45) is 3.68. The van der Waals surface area contributed by atoms with E-state index in [-0.39, 0.29) is 31.0 Å². The second kappa shape index (κ2) is 9.66. The smallest absolute Gasteiger partial charge is 0.311 e. The van der Waals surface area contributed by atoms with Crippen LogP contribution in [0.2, 0.25) is 0 Å². The summed E-state index contributed by atoms with van der Waals surface area (Å²) in [5.41, 5.74) is 0.999. The molecule has 1 aromatic carbocycles. The summed E-state index contributed by atoms with van der Waals surface area (Å²) in [5, 5.41) is 12.2. The van der Waals surface area contributed by atoms with Crippen LogP contribution in [0.1, 0.15) is 51.5 Å². The van der Waals surface area contributed by atoms with E-state index in [2.05, 4.69) is 5.32 Å². The van der Waals surface area contributed by atoms with E-state index in [1.807, 2.05) is 37.3 Å². The first-order chi connectivity index (χ1) is 15.9. The first-order valence-corrected chi connectivity index (χ1v) is 12.8. The van der Waals surface area contributed by atoms with Crippen molar-refractivity contribution in [3.63, 3.8) is 0 Å². The van der Waals surface area contributed by atoms with Crippen molar-refractivity contribution >= 4 is 29.5 Å². The Labute approximate surface area is 199 Å². The van der Waals surface area contributed by atoms with Gasteiger partial charge in [-0.1, -0.05) is 30.3 Å². The van der Waals surface area contributed by atoms with Gasteiger partial charge in [-0.25, -0.2) is 0 Å². The van der Waals surface area contributed by atoms with Crippen LogP contribution in [0.15, 0.2) is 30.3 Å². The van der Waals surface area contributed by atoms with Gasteiger partial charge in [0.05, 0.1) is 23.2 Å². The minimum atomic E-state index is -0.612. The summed E-state index contributed by atoms with van der Waals surface area (Å²) in [7, 11) is 0. The van der Waals surface area contributed by atoms with Gasteiger partial charge in [-0.2, -0.15) is 0 Å². The van der Waals surface area contributed by atoms with E-state index in [0.29, 0.717) is 25.9 Å². The van der Waals surface area contributed by atoms with Crippen molar-refractivity contribution in [1.82, 2.24) is 10.2 Å². The molecule has 2 bridgehead atoms. The minimum absolute atomic E-state index is 0.104. The summed E-state index contributed by atoms with van der Waals surface area (Å²) in [6, 6.07) is 9.11. The maximum atomic E-state index is 13.8. The molecule has 7 nitrogen and oxygen atoms in total. The Bertz CT molecular complexity index is 896. The number of amides is 2. The van der Waals surface area contributed by atoms with E-state index in [9.17, 15) is 14.4 Å². The normalized spacial score (nSPS) is 32.2. The van der Waals surface area contributed by atoms with E-state index in [1.54, 1.807) is 23.6 Å². The van der Waals surface area contributed by atoms with E-state index >= 15 is 0 Å². The van der Waals surface area contributed by atoms with Crippen molar-refractivity contribution in [2.45, 2.75) is 68.0 Å². The summed E-state index contributed by atoms with van der Waals surface area (Å²) >= 11 is 1.66. The predicted molar refractivity (Wildman–Crippen MR) is 126 cm³/mol. The largest absolute Gasteiger partial charge is 0.466 e. The van der Waals surface area contributed by atoms with Crippen LogP contribution in [0.25, 0.3) is 0 Å². The number of fused-ring (bicyclic) bond motifs is 1. The lowest BCUT2D eigenvalue weighted by Gasteiger charge is -2.34. The van der Waals surface area contributed by atoms with Gasteiger partial charge in [-0.3, -0.25) is 14.4 Å². The number of hydrogen-bond acceptors (Lipinski definition) is 6. The second-order valence-electron chi connectivity index (χ2n) is 9.50. The number of aliphatic hydroxyl groups excluding tert-OH is 1. The van der Waals surface area contributed by atoms with Gasteiger partial charge >= 0.3 is 5.97 Å². The van der Waals surface area contributed by atoms with Crippen LogP contribution in [0.3, 0.4) is 0 Å². The van der Waals surface area contributed by atoms with Crippen molar-refractivity contribution in [3.8, 4) is 0 Å². The molecule has 0 radical (unpaired) electrons. The molecule has 3 aliphatic rings. The van der Waals surface area contributed by atoms with Gasteiger partial charge in [0.2, 0.25) is 11.8 Å². The lowest BCUT2D eigenvalue weighted by atomic mass is 9.66. The highest BCUT2D eigenvalue weighted by Gasteiger charge is 2.77. The van der Waals surface area contributed by atoms with Crippen LogP contribution in [0.4, 0.5) is 0 Å². The number of esters is 1. The molecule has 2 N–H and O–H groups in total. The van der Waals surface area contributed by atoms with Gasteiger partial charge in [0.1, 0.15) is 6.04 Å². The number of rotatable bonds is 10. The third kappa shape index (κ3) is 4.16. The molecule has 33 heavy (non-hydrogen) atoms. The Kier molecular flexibility index (Phi) is 7.05. The third-order valence-corrected chi connectivity index (χ3v) is 9.42. The lowest BCUT2D eigenvalue weighted by Crippen LogP contribution is -2.53. The summed E-state index contributed by atoms with van der Waals surface area (Å²) < 4.78 is 4.39. The lowest BCUT2D eigenvalue weighted by molar-refractivity contribution is -0.155. The summed E-state index contributed by atoms with van der Waals surface area (Å²) in [6.45, 7) is 5.06. The van der Waals surface area contributed by atoms with Crippen LogP contribution in [0.5, 0.6) is 0 Å². The molecule has 2 amide bonds. The zero-order valence-electron chi connectivity index (χ0n) is 19.4. The first kappa shape index (κ1) is 24.1. The predicted octanol–water partition coefficient (Wildman–Crippen LogP) is 2.51. The first-order valence-electron chi connectivity index (χ1n) is 12.0. The molecule has 2 unspecified atom stereocenters. The van der Waals surface area contributed by atoms with Crippen LogP contribution in [-0.2, 0) is 25.7 Å². The zero-order valence-corrected chi connectivity index (χ0v) is 20.2. The number of thioether (sulfide) groups is 1. The topological polar surface area (TPSA) is 95.9 Å². The van der Waals surface area contributed by atoms with Crippen LogP contribution in [-0.4, -0.2) is 63.1 Å². The highest BCUT2D eigenvalue weighted by molar-refractivity contribution is 8.02. The van der Waals surface area contributed by atoms with Crippen molar-refractivity contribution < 1.29 is 24.2 Å². The maximum Gasteiger partial charge on any atom is 0.311 e. The number of likely N-dealkylation sites (tertiary alicyclic amines) is 1. The number of aliphatic hydroxyl groups is 1. The fourth-order valence-electron chi connectivity index (χ4n) is 6.01. The summed E-state index contributed by atoms with van der Waals surface area (Å²) in [4.78, 5) is 42.1. The highest BCUT2D eigenvalue weighted by Crippen LogP contribution is 2.71. The van der Waals surface area contributed by atoms with Crippen molar-refractivity contribution in [1.29, 1.82) is 0 Å². The molecule has 3 heterocycles. The molecule has 3 aliphatic heterocycles. The van der Waals surface area contributed by atoms with E-state index in [1.165, 1.54) is 0 Å². The Morgan fingerprint density at radius 2 is 1.97 bits per heavy atom. The standard InChI is InChI=1S/C25H34N2O5S/c1-3-32-23(31)19-18-22(30)27(14-8-5-9-15-28)20(25(18)13-12-24(19,2)33-25)21(29)26-16-17-10-6-4-7-11-17/h4,6-7,10-11,18-20,28H,3,5,8-9,12-16H2,1-2H3,(H,26,29)/t18-,19-,20?,24+,25?/m0/s1. The van der Waals surface area contributed by atoms with Crippen molar-refractivity contribution in [2.75, 3.05) is 19.8 Å². The summed E-state index contributed by atoms with van der Waals surface area (Å²) in [5.74, 6) is -1.65. The van der Waals surface area contributed by atoms with Crippen molar-refractivity contribution in [3.05, 3.63) is 35.9 Å². The Hall–Kier alpha value is -2.06. The quantitative estimate of drug-likeness (QED) is 0.400. The molecule has 0 aromatic heterocycles. The molecule has 8 heteroatoms. The molecule has 180 valence electrons. The molecular formula is C25H34N2O5S. The molecule has 0 aliphatic carbocycles. The Morgan fingerprint density at radius 3 is 2.67 bits per heavy atom. The van der Waals surface area contributed by atoms with E-state index < -0.39 is 27.4 Å². The average Bonchev–Trinajstić information content (AvgIpc) is 3.37. The van der Waals surface area contributed by atoms with Crippen LogP contribution < -0.4 is 5.32 Å². The molecule has 0 saturated carbocycles. The van der Waals surface area contributed by atoms with Crippen LogP contribution in [0, 0.1) is 11.8 Å². The highest BCUT2D eigenvalue weighted by atomic mass is 32.2. The monoisotopic (exact) mass is 474 g/mol. The average molecular weight is 475 g/mol. The molecular weight excluding hydrogens is 440 g/mol. The number of unbranched alkanes of at least 4 members (excludes halogenated alkanes) is 2. The fourth-order valence-corrected chi connectivity index (χ4v) is 8.35. The molecule has 1 spiro atoms. The number of nitrogens with one attached hydrogen (secondary N) is 1. The molecule has 4 rings (SSSR count). The molecule has 3 saturated heterocycles. The van der Waals surface area contributed by atoms with E-state index in [4.69, 9.17) is 9.84 Å². The number of benzene rings is 1. The molecule has 3 fully saturated rings. The SMILES string of the molecule is CCOC(=O)[C@@H]1[C@H]2C(=O)N(CCCCCO)C(C(=O)NCc3ccccc3)C23CC[C@@]1(C)S3. The molecule has 1 aromatic rings. The second-order valence-corrected chi connectivity index (χ2v) is 11.4. The number of nitrogens with zero attached hydrogens (tertiary/aromatic N) is 1. The number of hydrogen-bond donors (Lipinski definition) is 2. The molecule has 5 atom stereocenters. The number of ether oxygens (including phenoxy) is 1. The number of carbonyl (C=O) groups is 3. The van der Waals surface area contributed by atoms with Crippen molar-refractivity contribution in [2.24, 2.45) is 11.8 Å². The third-order valence-electron chi connectivity index (χ3n) is 7.43. The number of carbonyl (C=O) groups excluding carboxylic acids is 3. The Balaban J connectivity index is 1.62. The Morgan fingerprint density at radius 1 is 1.21 bits per heavy atom.